The number of rotatable bonds is 0. The van der Waals surface area contributed by atoms with Crippen LogP contribution in [-0.4, -0.2) is 5.38 Å². The van der Waals surface area contributed by atoms with Crippen LogP contribution in [0.1, 0.15) is 6.42 Å². The fourth-order valence-corrected chi connectivity index (χ4v) is 1.17. The number of hydrogen-bond donors (Lipinski definition) is 0. The Labute approximate surface area is 58.8 Å². The fraction of sp³-hybridized carbons (Fsp3) is 0.333. The highest BCUT2D eigenvalue weighted by Crippen LogP contribution is 2.19. The topological polar surface area (TPSA) is 0 Å². The molecule has 0 aromatic carbocycles. The Morgan fingerprint density at radius 1 is 1.62 bits per heavy atom. The Morgan fingerprint density at radius 2 is 2.38 bits per heavy atom. The Bertz CT molecular complexity index is 135. The highest BCUT2D eigenvalue weighted by molar-refractivity contribution is 6.31. The summed E-state index contributed by atoms with van der Waals surface area (Å²) in [4.78, 5) is 0. The van der Waals surface area contributed by atoms with Gasteiger partial charge in [-0.1, -0.05) is 23.8 Å². The zero-order valence-corrected chi connectivity index (χ0v) is 5.78. The molecule has 1 atom stereocenters. The van der Waals surface area contributed by atoms with Crippen molar-refractivity contribution in [3.63, 3.8) is 0 Å². The number of hydrogen-bond acceptors (Lipinski definition) is 0. The minimum absolute atomic E-state index is 0.104. The van der Waals surface area contributed by atoms with Crippen LogP contribution in [-0.2, 0) is 0 Å². The minimum Gasteiger partial charge on any atom is -0.118 e. The molecule has 1 aliphatic rings. The standard InChI is InChI=1S/C6H6Cl2/c7-5-2-1-3-6(8)4-5/h1-3,5H,4H2/t5-/m1/s1. The van der Waals surface area contributed by atoms with E-state index in [0.29, 0.717) is 0 Å². The summed E-state index contributed by atoms with van der Waals surface area (Å²) in [6, 6.07) is 0. The van der Waals surface area contributed by atoms with E-state index in [9.17, 15) is 0 Å². The quantitative estimate of drug-likeness (QED) is 0.464. The zero-order chi connectivity index (χ0) is 5.98. The van der Waals surface area contributed by atoms with Gasteiger partial charge < -0.3 is 0 Å². The average Bonchev–Trinajstić information content (AvgIpc) is 1.64. The maximum Gasteiger partial charge on any atom is 0.0568 e. The van der Waals surface area contributed by atoms with E-state index >= 15 is 0 Å². The lowest BCUT2D eigenvalue weighted by atomic mass is 10.2. The van der Waals surface area contributed by atoms with Crippen LogP contribution in [0.15, 0.2) is 23.3 Å². The van der Waals surface area contributed by atoms with Crippen LogP contribution in [0.25, 0.3) is 0 Å². The Balaban J connectivity index is 2.59. The van der Waals surface area contributed by atoms with Gasteiger partial charge in [0.05, 0.1) is 5.38 Å². The summed E-state index contributed by atoms with van der Waals surface area (Å²) >= 11 is 11.3. The molecule has 0 aromatic heterocycles. The van der Waals surface area contributed by atoms with E-state index in [1.54, 1.807) is 0 Å². The van der Waals surface area contributed by atoms with Gasteiger partial charge in [0.2, 0.25) is 0 Å². The van der Waals surface area contributed by atoms with Crippen LogP contribution < -0.4 is 0 Å². The second-order valence-corrected chi connectivity index (χ2v) is 2.76. The van der Waals surface area contributed by atoms with Gasteiger partial charge in [-0.05, 0) is 6.08 Å². The molecule has 0 nitrogen and oxygen atoms in total. The molecule has 0 bridgehead atoms. The van der Waals surface area contributed by atoms with Crippen LogP contribution in [0.5, 0.6) is 0 Å². The van der Waals surface area contributed by atoms with Gasteiger partial charge in [0.25, 0.3) is 0 Å². The molecule has 0 aromatic rings. The summed E-state index contributed by atoms with van der Waals surface area (Å²) in [7, 11) is 0. The first kappa shape index (κ1) is 6.18. The second kappa shape index (κ2) is 2.56. The van der Waals surface area contributed by atoms with E-state index in [1.165, 1.54) is 0 Å². The van der Waals surface area contributed by atoms with E-state index in [1.807, 2.05) is 18.2 Å². The zero-order valence-electron chi connectivity index (χ0n) is 4.27. The van der Waals surface area contributed by atoms with E-state index in [2.05, 4.69) is 0 Å². The van der Waals surface area contributed by atoms with Gasteiger partial charge in [-0.2, -0.15) is 0 Å². The second-order valence-electron chi connectivity index (χ2n) is 1.72. The monoisotopic (exact) mass is 148 g/mol. The number of halogens is 2. The van der Waals surface area contributed by atoms with Crippen molar-refractivity contribution < 1.29 is 0 Å². The Kier molecular flexibility index (Phi) is 1.98. The Hall–Kier alpha value is 0.0600. The predicted molar refractivity (Wildman–Crippen MR) is 37.3 cm³/mol. The third kappa shape index (κ3) is 1.53. The van der Waals surface area contributed by atoms with Crippen molar-refractivity contribution in [3.8, 4) is 0 Å². The molecular weight excluding hydrogens is 143 g/mol. The van der Waals surface area contributed by atoms with Gasteiger partial charge in [0.1, 0.15) is 0 Å². The molecule has 0 heterocycles. The molecule has 0 fully saturated rings. The third-order valence-corrected chi connectivity index (χ3v) is 1.57. The van der Waals surface area contributed by atoms with Crippen molar-refractivity contribution in [2.24, 2.45) is 0 Å². The molecule has 0 N–H and O–H groups in total. The molecule has 1 aliphatic carbocycles. The summed E-state index contributed by atoms with van der Waals surface area (Å²) in [5.41, 5.74) is 0. The first-order chi connectivity index (χ1) is 3.79. The normalized spacial score (nSPS) is 27.8. The largest absolute Gasteiger partial charge is 0.118 e. The molecular formula is C6H6Cl2. The van der Waals surface area contributed by atoms with Crippen molar-refractivity contribution in [2.45, 2.75) is 11.8 Å². The number of allylic oxidation sites excluding steroid dienone is 4. The molecule has 0 unspecified atom stereocenters. The maximum atomic E-state index is 5.70. The molecule has 2 heteroatoms. The molecule has 8 heavy (non-hydrogen) atoms. The molecule has 0 radical (unpaired) electrons. The van der Waals surface area contributed by atoms with Gasteiger partial charge >= 0.3 is 0 Å². The SMILES string of the molecule is ClC1=CC=C[C@@H](Cl)C1. The van der Waals surface area contributed by atoms with Crippen LogP contribution in [0, 0.1) is 0 Å². The third-order valence-electron chi connectivity index (χ3n) is 0.987. The van der Waals surface area contributed by atoms with Crippen molar-refractivity contribution in [2.75, 3.05) is 0 Å². The van der Waals surface area contributed by atoms with Gasteiger partial charge in [0.15, 0.2) is 0 Å². The van der Waals surface area contributed by atoms with E-state index in [-0.39, 0.29) is 5.38 Å². The van der Waals surface area contributed by atoms with Crippen molar-refractivity contribution in [1.29, 1.82) is 0 Å². The van der Waals surface area contributed by atoms with Crippen LogP contribution >= 0.6 is 23.2 Å². The molecule has 0 spiro atoms. The summed E-state index contributed by atoms with van der Waals surface area (Å²) in [5.74, 6) is 0. The van der Waals surface area contributed by atoms with E-state index in [4.69, 9.17) is 23.2 Å². The molecule has 0 amide bonds. The van der Waals surface area contributed by atoms with Crippen LogP contribution in [0.3, 0.4) is 0 Å². The first-order valence-electron chi connectivity index (χ1n) is 2.46. The van der Waals surface area contributed by atoms with Crippen LogP contribution in [0.4, 0.5) is 0 Å². The molecule has 0 aliphatic heterocycles. The summed E-state index contributed by atoms with van der Waals surface area (Å²) in [6.45, 7) is 0. The van der Waals surface area contributed by atoms with E-state index in [0.717, 1.165) is 11.5 Å². The molecule has 44 valence electrons. The summed E-state index contributed by atoms with van der Waals surface area (Å²) in [5, 5.41) is 0.944. The van der Waals surface area contributed by atoms with Gasteiger partial charge in [-0.3, -0.25) is 0 Å². The highest BCUT2D eigenvalue weighted by Gasteiger charge is 2.04. The summed E-state index contributed by atoms with van der Waals surface area (Å²) < 4.78 is 0. The van der Waals surface area contributed by atoms with Gasteiger partial charge in [-0.15, -0.1) is 11.6 Å². The van der Waals surface area contributed by atoms with Gasteiger partial charge in [0, 0.05) is 11.5 Å². The Morgan fingerprint density at radius 3 is 2.75 bits per heavy atom. The average molecular weight is 149 g/mol. The van der Waals surface area contributed by atoms with Crippen molar-refractivity contribution in [1.82, 2.24) is 0 Å². The van der Waals surface area contributed by atoms with Crippen molar-refractivity contribution >= 4 is 23.2 Å². The molecule has 0 saturated carbocycles. The predicted octanol–water partition coefficient (Wildman–Crippen LogP) is 2.68. The minimum atomic E-state index is 0.104. The first-order valence-corrected chi connectivity index (χ1v) is 3.27. The summed E-state index contributed by atoms with van der Waals surface area (Å²) in [6.07, 6.45) is 6.44. The number of alkyl halides is 1. The lowest BCUT2D eigenvalue weighted by Crippen LogP contribution is -1.95. The van der Waals surface area contributed by atoms with Gasteiger partial charge in [-0.25, -0.2) is 0 Å². The van der Waals surface area contributed by atoms with Crippen LogP contribution in [0.2, 0.25) is 0 Å². The highest BCUT2D eigenvalue weighted by atomic mass is 35.5. The maximum absolute atomic E-state index is 5.70. The molecule has 1 rings (SSSR count). The smallest absolute Gasteiger partial charge is 0.0568 e. The lowest BCUT2D eigenvalue weighted by Gasteiger charge is -2.05. The lowest BCUT2D eigenvalue weighted by molar-refractivity contribution is 1.02. The molecule has 0 saturated heterocycles. The fourth-order valence-electron chi connectivity index (χ4n) is 0.603. The van der Waals surface area contributed by atoms with Crippen molar-refractivity contribution in [3.05, 3.63) is 23.3 Å². The van der Waals surface area contributed by atoms with E-state index < -0.39 is 0 Å².